The minimum absolute atomic E-state index is 0.447. The number of hydrogen-bond acceptors (Lipinski definition) is 2. The molecule has 0 aliphatic heterocycles. The van der Waals surface area contributed by atoms with Crippen molar-refractivity contribution in [2.24, 2.45) is 16.3 Å². The van der Waals surface area contributed by atoms with Gasteiger partial charge in [-0.15, -0.1) is 0 Å². The van der Waals surface area contributed by atoms with Gasteiger partial charge in [0, 0.05) is 33.4 Å². The first-order chi connectivity index (χ1) is 8.69. The Morgan fingerprint density at radius 3 is 2.61 bits per heavy atom. The second-order valence-corrected chi connectivity index (χ2v) is 5.99. The molecule has 0 amide bonds. The van der Waals surface area contributed by atoms with Gasteiger partial charge in [0.2, 0.25) is 0 Å². The highest BCUT2D eigenvalue weighted by atomic mass is 16.5. The summed E-state index contributed by atoms with van der Waals surface area (Å²) < 4.78 is 5.22. The van der Waals surface area contributed by atoms with Crippen molar-refractivity contribution in [3.05, 3.63) is 0 Å². The predicted molar refractivity (Wildman–Crippen MR) is 74.8 cm³/mol. The standard InChI is InChI=1S/C14H27N3O/c1-11-9-12(11)17-13(15-2)16-10-14(5-4-6-14)7-8-18-3/h11-12H,4-10H2,1-3H3,(H2,15,16,17). The van der Waals surface area contributed by atoms with Crippen LogP contribution in [0.3, 0.4) is 0 Å². The van der Waals surface area contributed by atoms with Crippen LogP contribution in [0.4, 0.5) is 0 Å². The Balaban J connectivity index is 1.74. The van der Waals surface area contributed by atoms with E-state index in [2.05, 4.69) is 22.5 Å². The van der Waals surface area contributed by atoms with Crippen LogP contribution in [0.1, 0.15) is 39.0 Å². The molecular weight excluding hydrogens is 226 g/mol. The molecule has 104 valence electrons. The smallest absolute Gasteiger partial charge is 0.191 e. The lowest BCUT2D eigenvalue weighted by Crippen LogP contribution is -2.47. The maximum atomic E-state index is 5.22. The number of aliphatic imine (C=N–C) groups is 1. The third-order valence-electron chi connectivity index (χ3n) is 4.54. The first kappa shape index (κ1) is 13.7. The molecule has 2 saturated carbocycles. The largest absolute Gasteiger partial charge is 0.385 e. The van der Waals surface area contributed by atoms with Crippen molar-refractivity contribution in [2.45, 2.75) is 45.1 Å². The lowest BCUT2D eigenvalue weighted by Gasteiger charge is -2.42. The molecule has 4 nitrogen and oxygen atoms in total. The fourth-order valence-electron chi connectivity index (χ4n) is 2.68. The van der Waals surface area contributed by atoms with E-state index in [1.807, 2.05) is 7.05 Å². The summed E-state index contributed by atoms with van der Waals surface area (Å²) in [5, 5.41) is 6.97. The van der Waals surface area contributed by atoms with Crippen LogP contribution in [-0.4, -0.2) is 39.3 Å². The molecule has 2 N–H and O–H groups in total. The second kappa shape index (κ2) is 5.91. The van der Waals surface area contributed by atoms with Crippen molar-refractivity contribution < 1.29 is 4.74 Å². The number of methoxy groups -OCH3 is 1. The summed E-state index contributed by atoms with van der Waals surface area (Å²) in [5.41, 5.74) is 0.447. The Bertz CT molecular complexity index is 299. The van der Waals surface area contributed by atoms with E-state index < -0.39 is 0 Å². The fraction of sp³-hybridized carbons (Fsp3) is 0.929. The topological polar surface area (TPSA) is 45.7 Å². The first-order valence-electron chi connectivity index (χ1n) is 7.15. The van der Waals surface area contributed by atoms with Gasteiger partial charge < -0.3 is 15.4 Å². The van der Waals surface area contributed by atoms with Crippen LogP contribution < -0.4 is 10.6 Å². The van der Waals surface area contributed by atoms with Crippen LogP contribution in [0.15, 0.2) is 4.99 Å². The molecule has 2 aliphatic carbocycles. The summed E-state index contributed by atoms with van der Waals surface area (Å²) in [4.78, 5) is 4.31. The highest BCUT2D eigenvalue weighted by Crippen LogP contribution is 2.43. The van der Waals surface area contributed by atoms with Gasteiger partial charge in [0.25, 0.3) is 0 Å². The lowest BCUT2D eigenvalue weighted by atomic mass is 9.67. The molecule has 0 aromatic heterocycles. The maximum absolute atomic E-state index is 5.22. The zero-order valence-corrected chi connectivity index (χ0v) is 12.0. The van der Waals surface area contributed by atoms with Gasteiger partial charge in [-0.2, -0.15) is 0 Å². The lowest BCUT2D eigenvalue weighted by molar-refractivity contribution is 0.0732. The maximum Gasteiger partial charge on any atom is 0.191 e. The molecule has 2 aliphatic rings. The SMILES string of the molecule is CN=C(NCC1(CCOC)CCC1)NC1CC1C. The Morgan fingerprint density at radius 1 is 1.44 bits per heavy atom. The van der Waals surface area contributed by atoms with Crippen LogP contribution in [0, 0.1) is 11.3 Å². The minimum Gasteiger partial charge on any atom is -0.385 e. The summed E-state index contributed by atoms with van der Waals surface area (Å²) in [7, 11) is 3.64. The van der Waals surface area contributed by atoms with Crippen molar-refractivity contribution in [1.29, 1.82) is 0 Å². The normalized spacial score (nSPS) is 29.6. The molecule has 0 heterocycles. The average molecular weight is 253 g/mol. The third kappa shape index (κ3) is 3.37. The highest BCUT2D eigenvalue weighted by molar-refractivity contribution is 5.80. The van der Waals surface area contributed by atoms with Gasteiger partial charge in [-0.3, -0.25) is 4.99 Å². The minimum atomic E-state index is 0.447. The molecule has 2 unspecified atom stereocenters. The van der Waals surface area contributed by atoms with E-state index in [-0.39, 0.29) is 0 Å². The van der Waals surface area contributed by atoms with E-state index in [9.17, 15) is 0 Å². The summed E-state index contributed by atoms with van der Waals surface area (Å²) in [6.07, 6.45) is 6.43. The van der Waals surface area contributed by atoms with Gasteiger partial charge >= 0.3 is 0 Å². The third-order valence-corrected chi connectivity index (χ3v) is 4.54. The van der Waals surface area contributed by atoms with Crippen molar-refractivity contribution in [3.8, 4) is 0 Å². The molecule has 4 heteroatoms. The molecule has 0 radical (unpaired) electrons. The van der Waals surface area contributed by atoms with Crippen LogP contribution in [-0.2, 0) is 4.74 Å². The molecule has 2 fully saturated rings. The number of ether oxygens (including phenoxy) is 1. The molecule has 0 aromatic carbocycles. The fourth-order valence-corrected chi connectivity index (χ4v) is 2.68. The van der Waals surface area contributed by atoms with E-state index in [0.29, 0.717) is 11.5 Å². The zero-order chi connectivity index (χ0) is 13.0. The molecule has 2 atom stereocenters. The number of rotatable bonds is 6. The van der Waals surface area contributed by atoms with Gasteiger partial charge in [-0.1, -0.05) is 13.3 Å². The van der Waals surface area contributed by atoms with Crippen LogP contribution in [0.5, 0.6) is 0 Å². The summed E-state index contributed by atoms with van der Waals surface area (Å²) >= 11 is 0. The molecule has 18 heavy (non-hydrogen) atoms. The Morgan fingerprint density at radius 2 is 2.17 bits per heavy atom. The Hall–Kier alpha value is -0.770. The van der Waals surface area contributed by atoms with E-state index >= 15 is 0 Å². The van der Waals surface area contributed by atoms with Gasteiger partial charge in [0.15, 0.2) is 5.96 Å². The van der Waals surface area contributed by atoms with Crippen LogP contribution in [0.2, 0.25) is 0 Å². The summed E-state index contributed by atoms with van der Waals surface area (Å²) in [6, 6.07) is 0.632. The average Bonchev–Trinajstić information content (AvgIpc) is 3.01. The molecule has 0 bridgehead atoms. The van der Waals surface area contributed by atoms with Crippen molar-refractivity contribution in [3.63, 3.8) is 0 Å². The van der Waals surface area contributed by atoms with Gasteiger partial charge in [-0.05, 0) is 37.0 Å². The van der Waals surface area contributed by atoms with Gasteiger partial charge in [0.05, 0.1) is 0 Å². The van der Waals surface area contributed by atoms with Crippen molar-refractivity contribution >= 4 is 5.96 Å². The van der Waals surface area contributed by atoms with Crippen LogP contribution >= 0.6 is 0 Å². The van der Waals surface area contributed by atoms with Gasteiger partial charge in [-0.25, -0.2) is 0 Å². The van der Waals surface area contributed by atoms with E-state index in [0.717, 1.165) is 31.4 Å². The molecule has 0 aromatic rings. The highest BCUT2D eigenvalue weighted by Gasteiger charge is 2.37. The van der Waals surface area contributed by atoms with E-state index in [1.54, 1.807) is 7.11 Å². The number of hydrogen-bond donors (Lipinski definition) is 2. The number of guanidine groups is 1. The second-order valence-electron chi connectivity index (χ2n) is 5.99. The molecule has 2 rings (SSSR count). The Kier molecular flexibility index (Phi) is 4.49. The Labute approximate surface area is 111 Å². The first-order valence-corrected chi connectivity index (χ1v) is 7.15. The quantitative estimate of drug-likeness (QED) is 0.560. The monoisotopic (exact) mass is 253 g/mol. The van der Waals surface area contributed by atoms with Crippen molar-refractivity contribution in [1.82, 2.24) is 10.6 Å². The van der Waals surface area contributed by atoms with E-state index in [1.165, 1.54) is 25.7 Å². The molecule has 0 spiro atoms. The number of nitrogens with one attached hydrogen (secondary N) is 2. The van der Waals surface area contributed by atoms with Crippen LogP contribution in [0.25, 0.3) is 0 Å². The molecular formula is C14H27N3O. The summed E-state index contributed by atoms with van der Waals surface area (Å²) in [6.45, 7) is 4.17. The predicted octanol–water partition coefficient (Wildman–Crippen LogP) is 1.77. The van der Waals surface area contributed by atoms with Crippen molar-refractivity contribution in [2.75, 3.05) is 27.3 Å². The zero-order valence-electron chi connectivity index (χ0n) is 12.0. The summed E-state index contributed by atoms with van der Waals surface area (Å²) in [5.74, 6) is 1.77. The molecule has 0 saturated heterocycles. The number of nitrogens with zero attached hydrogens (tertiary/aromatic N) is 1. The van der Waals surface area contributed by atoms with E-state index in [4.69, 9.17) is 4.74 Å². The van der Waals surface area contributed by atoms with Gasteiger partial charge in [0.1, 0.15) is 0 Å².